The predicted molar refractivity (Wildman–Crippen MR) is 137 cm³/mol. The van der Waals surface area contributed by atoms with Crippen LogP contribution in [0.2, 0.25) is 10.0 Å². The number of benzene rings is 2. The van der Waals surface area contributed by atoms with Crippen molar-refractivity contribution in [1.29, 1.82) is 0 Å². The van der Waals surface area contributed by atoms with Gasteiger partial charge in [-0.3, -0.25) is 9.59 Å². The molecule has 0 radical (unpaired) electrons. The van der Waals surface area contributed by atoms with Gasteiger partial charge in [-0.1, -0.05) is 51.3 Å². The van der Waals surface area contributed by atoms with Gasteiger partial charge in [0.05, 0.1) is 17.6 Å². The van der Waals surface area contributed by atoms with E-state index in [2.05, 4.69) is 15.9 Å². The van der Waals surface area contributed by atoms with Crippen LogP contribution >= 0.6 is 39.1 Å². The number of carbonyl (C=O) groups excluding carboxylic acids is 2. The molecule has 3 unspecified atom stereocenters. The highest BCUT2D eigenvalue weighted by Crippen LogP contribution is 2.34. The van der Waals surface area contributed by atoms with Crippen molar-refractivity contribution in [3.05, 3.63) is 62.5 Å². The van der Waals surface area contributed by atoms with E-state index in [-0.39, 0.29) is 41.4 Å². The number of rotatable bonds is 5. The first-order valence-corrected chi connectivity index (χ1v) is 14.0. The lowest BCUT2D eigenvalue weighted by Gasteiger charge is -2.53. The molecule has 12 heteroatoms. The maximum absolute atomic E-state index is 13.8. The molecule has 2 heterocycles. The van der Waals surface area contributed by atoms with Crippen molar-refractivity contribution in [3.63, 3.8) is 0 Å². The third kappa shape index (κ3) is 4.97. The number of hydrogen-bond donors (Lipinski definition) is 1. The zero-order valence-electron chi connectivity index (χ0n) is 19.1. The summed E-state index contributed by atoms with van der Waals surface area (Å²) in [5, 5.41) is 0.262. The molecular weight excluding hydrogens is 579 g/mol. The lowest BCUT2D eigenvalue weighted by atomic mass is 9.96. The van der Waals surface area contributed by atoms with E-state index in [0.29, 0.717) is 5.02 Å². The van der Waals surface area contributed by atoms with Crippen molar-refractivity contribution in [2.75, 3.05) is 13.1 Å². The Kier molecular flexibility index (Phi) is 7.53. The van der Waals surface area contributed by atoms with Gasteiger partial charge in [0.2, 0.25) is 21.8 Å². The van der Waals surface area contributed by atoms with Crippen molar-refractivity contribution in [1.82, 2.24) is 14.1 Å². The fraction of sp³-hybridized carbons (Fsp3) is 0.391. The van der Waals surface area contributed by atoms with Crippen LogP contribution in [0.4, 0.5) is 0 Å². The Morgan fingerprint density at radius 3 is 2.31 bits per heavy atom. The smallest absolute Gasteiger partial charge is 0.246 e. The van der Waals surface area contributed by atoms with Gasteiger partial charge in [0.15, 0.2) is 0 Å². The normalized spacial score (nSPS) is 23.7. The van der Waals surface area contributed by atoms with Gasteiger partial charge in [-0.2, -0.15) is 4.31 Å². The zero-order chi connectivity index (χ0) is 25.7. The minimum atomic E-state index is -4.18. The standard InChI is InChI=1S/C23H25BrCl2N4O4S/c1-13(2)28-12-21-29(35(33,34)20-8-7-16(25)10-17(20)26)11-18(27)22(31)30(21)19(23(28)32)9-14-3-5-15(24)6-4-14/h3-8,10,13,18-19,21H,9,11-12,27H2,1-2H3. The topological polar surface area (TPSA) is 104 Å². The molecule has 0 aromatic heterocycles. The van der Waals surface area contributed by atoms with E-state index >= 15 is 0 Å². The van der Waals surface area contributed by atoms with Gasteiger partial charge < -0.3 is 15.5 Å². The minimum absolute atomic E-state index is 0.0240. The Hall–Kier alpha value is -1.69. The molecule has 8 nitrogen and oxygen atoms in total. The van der Waals surface area contributed by atoms with Crippen LogP contribution in [0.25, 0.3) is 0 Å². The molecule has 0 saturated carbocycles. The summed E-state index contributed by atoms with van der Waals surface area (Å²) >= 11 is 15.6. The number of amides is 2. The number of sulfonamides is 1. The van der Waals surface area contributed by atoms with Crippen LogP contribution in [0.5, 0.6) is 0 Å². The molecule has 2 aromatic rings. The highest BCUT2D eigenvalue weighted by molar-refractivity contribution is 9.10. The van der Waals surface area contributed by atoms with Gasteiger partial charge in [-0.05, 0) is 49.7 Å². The second-order valence-corrected chi connectivity index (χ2v) is 12.5. The van der Waals surface area contributed by atoms with Crippen molar-refractivity contribution in [3.8, 4) is 0 Å². The Morgan fingerprint density at radius 2 is 1.71 bits per heavy atom. The van der Waals surface area contributed by atoms with Crippen LogP contribution in [0.3, 0.4) is 0 Å². The van der Waals surface area contributed by atoms with Gasteiger partial charge >= 0.3 is 0 Å². The summed E-state index contributed by atoms with van der Waals surface area (Å²) in [5.74, 6) is -0.703. The summed E-state index contributed by atoms with van der Waals surface area (Å²) in [6, 6.07) is 9.30. The second kappa shape index (κ2) is 9.99. The van der Waals surface area contributed by atoms with E-state index < -0.39 is 34.2 Å². The molecule has 2 fully saturated rings. The molecule has 2 saturated heterocycles. The van der Waals surface area contributed by atoms with Crippen molar-refractivity contribution < 1.29 is 18.0 Å². The number of nitrogens with two attached hydrogens (primary N) is 1. The maximum atomic E-state index is 13.8. The molecule has 2 aromatic carbocycles. The van der Waals surface area contributed by atoms with Crippen LogP contribution in [0.1, 0.15) is 19.4 Å². The minimum Gasteiger partial charge on any atom is -0.335 e. The molecule has 2 amide bonds. The monoisotopic (exact) mass is 602 g/mol. The molecular formula is C23H25BrCl2N4O4S. The van der Waals surface area contributed by atoms with E-state index in [1.165, 1.54) is 27.4 Å². The molecule has 3 atom stereocenters. The van der Waals surface area contributed by atoms with Crippen molar-refractivity contribution >= 4 is 61.0 Å². The van der Waals surface area contributed by atoms with Crippen molar-refractivity contribution in [2.45, 2.75) is 49.5 Å². The van der Waals surface area contributed by atoms with Gasteiger partial charge in [0.25, 0.3) is 0 Å². The highest BCUT2D eigenvalue weighted by Gasteiger charge is 2.53. The zero-order valence-corrected chi connectivity index (χ0v) is 23.0. The highest BCUT2D eigenvalue weighted by atomic mass is 79.9. The van der Waals surface area contributed by atoms with E-state index in [9.17, 15) is 18.0 Å². The third-order valence-electron chi connectivity index (χ3n) is 6.31. The second-order valence-electron chi connectivity index (χ2n) is 8.91. The van der Waals surface area contributed by atoms with Crippen LogP contribution in [0.15, 0.2) is 51.8 Å². The van der Waals surface area contributed by atoms with E-state index in [1.807, 2.05) is 38.1 Å². The fourth-order valence-corrected chi connectivity index (χ4v) is 7.16. The lowest BCUT2D eigenvalue weighted by molar-refractivity contribution is -0.167. The number of carbonyl (C=O) groups is 2. The molecule has 35 heavy (non-hydrogen) atoms. The molecule has 2 aliphatic heterocycles. The van der Waals surface area contributed by atoms with Gasteiger partial charge in [0.1, 0.15) is 17.1 Å². The lowest BCUT2D eigenvalue weighted by Crippen LogP contribution is -2.75. The quantitative estimate of drug-likeness (QED) is 0.566. The summed E-state index contributed by atoms with van der Waals surface area (Å²) in [6.07, 6.45) is -0.709. The maximum Gasteiger partial charge on any atom is 0.246 e. The van der Waals surface area contributed by atoms with E-state index in [1.54, 1.807) is 4.90 Å². The van der Waals surface area contributed by atoms with Crippen LogP contribution in [0, 0.1) is 0 Å². The Bertz CT molecular complexity index is 1260. The number of halogens is 3. The van der Waals surface area contributed by atoms with E-state index in [0.717, 1.165) is 10.0 Å². The van der Waals surface area contributed by atoms with Gasteiger partial charge in [-0.25, -0.2) is 8.42 Å². The van der Waals surface area contributed by atoms with Gasteiger partial charge in [-0.15, -0.1) is 0 Å². The molecule has 0 aliphatic carbocycles. The molecule has 0 bridgehead atoms. The summed E-state index contributed by atoms with van der Waals surface area (Å²) in [5.41, 5.74) is 6.98. The van der Waals surface area contributed by atoms with E-state index in [4.69, 9.17) is 28.9 Å². The molecule has 188 valence electrons. The first kappa shape index (κ1) is 26.4. The van der Waals surface area contributed by atoms with Gasteiger partial charge in [0, 0.05) is 28.5 Å². The molecule has 2 N–H and O–H groups in total. The molecule has 4 rings (SSSR count). The Labute approximate surface area is 223 Å². The number of nitrogens with zero attached hydrogens (tertiary/aromatic N) is 3. The first-order chi connectivity index (χ1) is 16.4. The average molecular weight is 604 g/mol. The molecule has 2 aliphatic rings. The van der Waals surface area contributed by atoms with Crippen LogP contribution in [-0.2, 0) is 26.0 Å². The fourth-order valence-electron chi connectivity index (χ4n) is 4.55. The number of piperazine rings is 1. The SMILES string of the molecule is CC(C)N1CC2N(C(=O)C(N)CN2S(=O)(=O)c2ccc(Cl)cc2Cl)C(Cc2ccc(Br)cc2)C1=O. The summed E-state index contributed by atoms with van der Waals surface area (Å²) < 4.78 is 29.6. The summed E-state index contributed by atoms with van der Waals surface area (Å²) in [4.78, 5) is 29.7. The Morgan fingerprint density at radius 1 is 1.06 bits per heavy atom. The average Bonchev–Trinajstić information content (AvgIpc) is 2.78. The molecule has 0 spiro atoms. The third-order valence-corrected chi connectivity index (χ3v) is 9.42. The number of hydrogen-bond acceptors (Lipinski definition) is 5. The largest absolute Gasteiger partial charge is 0.335 e. The number of fused-ring (bicyclic) bond motifs is 1. The Balaban J connectivity index is 1.80. The first-order valence-electron chi connectivity index (χ1n) is 11.0. The summed E-state index contributed by atoms with van der Waals surface area (Å²) in [6.45, 7) is 3.51. The van der Waals surface area contributed by atoms with Crippen LogP contribution in [-0.4, -0.2) is 71.7 Å². The van der Waals surface area contributed by atoms with Crippen molar-refractivity contribution in [2.24, 2.45) is 5.73 Å². The summed E-state index contributed by atoms with van der Waals surface area (Å²) in [7, 11) is -4.18. The predicted octanol–water partition coefficient (Wildman–Crippen LogP) is 3.10. The van der Waals surface area contributed by atoms with Crippen LogP contribution < -0.4 is 5.73 Å².